The van der Waals surface area contributed by atoms with Gasteiger partial charge in [0.1, 0.15) is 0 Å². The molecule has 0 aliphatic heterocycles. The minimum atomic E-state index is 0. The number of benzene rings is 4. The van der Waals surface area contributed by atoms with Crippen LogP contribution in [0.25, 0.3) is 55.7 Å². The first-order valence-electron chi connectivity index (χ1n) is 17.9. The molecule has 0 spiro atoms. The number of aryl methyl sites for hydroxylation is 4. The Morgan fingerprint density at radius 3 is 2.21 bits per heavy atom. The topological polar surface area (TPSA) is 51.8 Å². The molecule has 4 nitrogen and oxygen atoms in total. The standard InChI is InChI=1S/C29H27N2O.C19H16N.Ir/c1-29(2,3)19-21-16-17-30-26(18-21)25-11-7-10-23-24-15-14-22(31-28(24)32-27(23)25)13-12-20-8-5-4-6-9-20;1-14-8-10-17(11-9-14)19-12-18(15(2)13-20-19)16-6-4-3-5-7-16;/h4-10,14-18H,12-13,19H2,1-3H3;3-10,12-13H,1-2H3;/q2*-1;. The molecule has 0 saturated heterocycles. The van der Waals surface area contributed by atoms with E-state index < -0.39 is 0 Å². The summed E-state index contributed by atoms with van der Waals surface area (Å²) in [5, 5.41) is 2.09. The molecule has 4 aromatic heterocycles. The number of furan rings is 1. The Bertz CT molecular complexity index is 2430. The fourth-order valence-corrected chi connectivity index (χ4v) is 6.50. The van der Waals surface area contributed by atoms with Crippen LogP contribution in [0.3, 0.4) is 0 Å². The van der Waals surface area contributed by atoms with Crippen LogP contribution in [0, 0.1) is 31.4 Å². The number of nitrogens with zero attached hydrogens (tertiary/aromatic N) is 3. The third-order valence-electron chi connectivity index (χ3n) is 9.12. The van der Waals surface area contributed by atoms with Crippen LogP contribution >= 0.6 is 0 Å². The molecule has 5 heteroatoms. The fourth-order valence-electron chi connectivity index (χ4n) is 6.50. The second kappa shape index (κ2) is 16.6. The van der Waals surface area contributed by atoms with Gasteiger partial charge >= 0.3 is 0 Å². The maximum atomic E-state index is 6.29. The van der Waals surface area contributed by atoms with E-state index >= 15 is 0 Å². The molecule has 53 heavy (non-hydrogen) atoms. The number of fused-ring (bicyclic) bond motifs is 3. The van der Waals surface area contributed by atoms with E-state index in [9.17, 15) is 0 Å². The number of hydrogen-bond donors (Lipinski definition) is 0. The second-order valence-electron chi connectivity index (χ2n) is 14.7. The summed E-state index contributed by atoms with van der Waals surface area (Å²) in [6, 6.07) is 48.4. The number of hydrogen-bond acceptors (Lipinski definition) is 4. The Balaban J connectivity index is 0.000000197. The summed E-state index contributed by atoms with van der Waals surface area (Å²) in [5.41, 5.74) is 14.0. The van der Waals surface area contributed by atoms with Gasteiger partial charge in [-0.2, -0.15) is 0 Å². The van der Waals surface area contributed by atoms with E-state index in [4.69, 9.17) is 9.40 Å². The van der Waals surface area contributed by atoms with Crippen molar-refractivity contribution in [3.05, 3.63) is 174 Å². The smallest absolute Gasteiger partial charge is 0.216 e. The van der Waals surface area contributed by atoms with E-state index in [1.54, 1.807) is 0 Å². The molecule has 8 rings (SSSR count). The van der Waals surface area contributed by atoms with Crippen LogP contribution in [0.2, 0.25) is 0 Å². The molecule has 4 heterocycles. The van der Waals surface area contributed by atoms with Crippen LogP contribution in [-0.4, -0.2) is 15.0 Å². The van der Waals surface area contributed by atoms with Crippen LogP contribution < -0.4 is 0 Å². The van der Waals surface area contributed by atoms with Gasteiger partial charge in [-0.3, -0.25) is 0 Å². The van der Waals surface area contributed by atoms with E-state index in [0.717, 1.165) is 63.8 Å². The predicted molar refractivity (Wildman–Crippen MR) is 214 cm³/mol. The van der Waals surface area contributed by atoms with Crippen molar-refractivity contribution in [2.75, 3.05) is 0 Å². The van der Waals surface area contributed by atoms with Gasteiger partial charge in [0, 0.05) is 43.6 Å². The Kier molecular flexibility index (Phi) is 11.8. The molecule has 0 atom stereocenters. The average molecular weight is 870 g/mol. The van der Waals surface area contributed by atoms with Crippen LogP contribution in [-0.2, 0) is 39.4 Å². The van der Waals surface area contributed by atoms with Crippen LogP contribution in [0.4, 0.5) is 0 Å². The molecule has 1 radical (unpaired) electrons. The van der Waals surface area contributed by atoms with E-state index in [2.05, 4.69) is 154 Å². The van der Waals surface area contributed by atoms with Crippen molar-refractivity contribution < 1.29 is 24.5 Å². The molecule has 4 aromatic carbocycles. The number of pyridine rings is 3. The Hall–Kier alpha value is -5.22. The largest absolute Gasteiger partial charge is 0.486 e. The number of rotatable bonds is 7. The van der Waals surface area contributed by atoms with E-state index in [1.165, 1.54) is 33.4 Å². The molecule has 0 aliphatic carbocycles. The zero-order valence-corrected chi connectivity index (χ0v) is 33.3. The maximum absolute atomic E-state index is 6.29. The first-order valence-corrected chi connectivity index (χ1v) is 17.9. The summed E-state index contributed by atoms with van der Waals surface area (Å²) in [7, 11) is 0. The third-order valence-corrected chi connectivity index (χ3v) is 9.12. The predicted octanol–water partition coefficient (Wildman–Crippen LogP) is 12.0. The van der Waals surface area contributed by atoms with Crippen molar-refractivity contribution in [2.24, 2.45) is 5.41 Å². The maximum Gasteiger partial charge on any atom is 0.216 e. The Labute approximate surface area is 326 Å². The Morgan fingerprint density at radius 1 is 0.698 bits per heavy atom. The fraction of sp³-hybridized carbons (Fsp3) is 0.188. The van der Waals surface area contributed by atoms with Gasteiger partial charge in [-0.15, -0.1) is 53.6 Å². The first-order chi connectivity index (χ1) is 25.2. The second-order valence-corrected chi connectivity index (χ2v) is 14.7. The van der Waals surface area contributed by atoms with Crippen molar-refractivity contribution in [1.29, 1.82) is 0 Å². The van der Waals surface area contributed by atoms with E-state index in [0.29, 0.717) is 5.71 Å². The third kappa shape index (κ3) is 9.24. The molecule has 0 unspecified atom stereocenters. The molecule has 267 valence electrons. The van der Waals surface area contributed by atoms with Gasteiger partial charge in [0.2, 0.25) is 5.71 Å². The minimum Gasteiger partial charge on any atom is -0.486 e. The monoisotopic (exact) mass is 870 g/mol. The molecule has 0 aliphatic rings. The summed E-state index contributed by atoms with van der Waals surface area (Å²) in [4.78, 5) is 14.0. The summed E-state index contributed by atoms with van der Waals surface area (Å²) in [6.07, 6.45) is 6.65. The number of aromatic nitrogens is 3. The van der Waals surface area contributed by atoms with Crippen LogP contribution in [0.5, 0.6) is 0 Å². The van der Waals surface area contributed by atoms with Gasteiger partial charge in [-0.1, -0.05) is 117 Å². The van der Waals surface area contributed by atoms with Crippen molar-refractivity contribution in [1.82, 2.24) is 15.0 Å². The van der Waals surface area contributed by atoms with Crippen LogP contribution in [0.15, 0.2) is 138 Å². The molecule has 8 aromatic rings. The van der Waals surface area contributed by atoms with Crippen molar-refractivity contribution in [2.45, 2.75) is 53.9 Å². The zero-order valence-electron chi connectivity index (χ0n) is 30.9. The molecule has 0 bridgehead atoms. The van der Waals surface area contributed by atoms with Gasteiger partial charge < -0.3 is 14.4 Å². The van der Waals surface area contributed by atoms with Crippen LogP contribution in [0.1, 0.15) is 48.7 Å². The van der Waals surface area contributed by atoms with Gasteiger partial charge in [-0.25, -0.2) is 4.98 Å². The summed E-state index contributed by atoms with van der Waals surface area (Å²) >= 11 is 0. The normalized spacial score (nSPS) is 11.2. The van der Waals surface area contributed by atoms with Gasteiger partial charge in [-0.05, 0) is 83.4 Å². The van der Waals surface area contributed by atoms with E-state index in [-0.39, 0.29) is 25.5 Å². The molecular formula is C48H43IrN3O-2. The summed E-state index contributed by atoms with van der Waals surface area (Å²) in [6.45, 7) is 10.9. The summed E-state index contributed by atoms with van der Waals surface area (Å²) < 4.78 is 6.29. The van der Waals surface area contributed by atoms with Gasteiger partial charge in [0.05, 0.1) is 5.58 Å². The molecular weight excluding hydrogens is 827 g/mol. The Morgan fingerprint density at radius 2 is 1.47 bits per heavy atom. The van der Waals surface area contributed by atoms with Crippen molar-refractivity contribution in [3.63, 3.8) is 0 Å². The van der Waals surface area contributed by atoms with Gasteiger partial charge in [0.15, 0.2) is 0 Å². The van der Waals surface area contributed by atoms with Crippen molar-refractivity contribution >= 4 is 22.1 Å². The van der Waals surface area contributed by atoms with Gasteiger partial charge in [0.25, 0.3) is 0 Å². The summed E-state index contributed by atoms with van der Waals surface area (Å²) in [5.74, 6) is 0. The molecule has 0 N–H and O–H groups in total. The average Bonchev–Trinajstić information content (AvgIpc) is 3.53. The van der Waals surface area contributed by atoms with E-state index in [1.807, 2.05) is 36.7 Å². The van der Waals surface area contributed by atoms with Crippen molar-refractivity contribution in [3.8, 4) is 33.6 Å². The quantitative estimate of drug-likeness (QED) is 0.150. The molecule has 0 fully saturated rings. The zero-order chi connectivity index (χ0) is 36.1. The minimum absolute atomic E-state index is 0. The SMILES string of the molecule is CC(C)(C)Cc1ccnc(-c2[c-]ccc3c2oc2nc(CCc4ccccc4)ccc23)c1.Cc1c[c-]c(-c2cc(-c3ccccc3)c(C)cn2)cc1.[Ir]. The molecule has 0 amide bonds. The first kappa shape index (κ1) is 37.5. The molecule has 0 saturated carbocycles.